The van der Waals surface area contributed by atoms with Gasteiger partial charge in [0.1, 0.15) is 10.5 Å². The van der Waals surface area contributed by atoms with Crippen molar-refractivity contribution in [3.05, 3.63) is 4.91 Å². The molecule has 1 heterocycles. The number of carbonyl (C=O) groups is 1. The zero-order valence-corrected chi connectivity index (χ0v) is 9.89. The lowest BCUT2D eigenvalue weighted by atomic mass is 9.99. The molecule has 0 aliphatic carbocycles. The van der Waals surface area contributed by atoms with Gasteiger partial charge in [-0.1, -0.05) is 34.7 Å². The van der Waals surface area contributed by atoms with Crippen LogP contribution in [0.1, 0.15) is 20.3 Å². The third-order valence-corrected chi connectivity index (χ3v) is 4.08. The number of nitroso groups, excluding NO2 is 1. The minimum Gasteiger partial charge on any atom is -0.332 e. The summed E-state index contributed by atoms with van der Waals surface area (Å²) in [7, 11) is 0. The van der Waals surface area contributed by atoms with Crippen LogP contribution in [0.5, 0.6) is 0 Å². The van der Waals surface area contributed by atoms with E-state index in [-0.39, 0.29) is 28.5 Å². The molecule has 0 aromatic rings. The van der Waals surface area contributed by atoms with E-state index in [1.807, 2.05) is 13.8 Å². The monoisotopic (exact) mass is 296 g/mol. The number of amides is 1. The molecule has 0 spiro atoms. The number of β-lactam (4-membered cyclic amide) rings is 1. The van der Waals surface area contributed by atoms with Crippen molar-refractivity contribution < 1.29 is 4.79 Å². The Bertz CT molecular complexity index is 222. The van der Waals surface area contributed by atoms with E-state index in [4.69, 9.17) is 0 Å². The van der Waals surface area contributed by atoms with Crippen molar-refractivity contribution in [3.8, 4) is 0 Å². The van der Waals surface area contributed by atoms with Crippen molar-refractivity contribution in [2.24, 2.45) is 5.18 Å². The fourth-order valence-electron chi connectivity index (χ4n) is 1.62. The molecule has 1 rings (SSSR count). The molecule has 3 atom stereocenters. The third-order valence-electron chi connectivity index (χ3n) is 2.50. The number of hydrogen-bond donors (Lipinski definition) is 0. The normalized spacial score (nSPS) is 29.8. The summed E-state index contributed by atoms with van der Waals surface area (Å²) in [6.45, 7) is 4.19. The van der Waals surface area contributed by atoms with Gasteiger partial charge in [0.25, 0.3) is 0 Å². The molecule has 1 aliphatic heterocycles. The van der Waals surface area contributed by atoms with Gasteiger partial charge in [0.2, 0.25) is 5.91 Å². The lowest BCUT2D eigenvalue weighted by Crippen LogP contribution is -2.64. The summed E-state index contributed by atoms with van der Waals surface area (Å²) < 4.78 is 0.0818. The van der Waals surface area contributed by atoms with Crippen molar-refractivity contribution in [2.45, 2.75) is 36.3 Å². The summed E-state index contributed by atoms with van der Waals surface area (Å²) in [5, 5.41) is 2.86. The van der Waals surface area contributed by atoms with Crippen LogP contribution in [0.2, 0.25) is 0 Å². The van der Waals surface area contributed by atoms with E-state index in [9.17, 15) is 9.70 Å². The largest absolute Gasteiger partial charge is 0.332 e. The highest BCUT2D eigenvalue weighted by molar-refractivity contribution is 14.1. The first kappa shape index (κ1) is 10.9. The average Bonchev–Trinajstić information content (AvgIpc) is 2.16. The Labute approximate surface area is 91.2 Å². The van der Waals surface area contributed by atoms with Gasteiger partial charge in [-0.15, -0.1) is 0 Å². The van der Waals surface area contributed by atoms with E-state index in [1.165, 1.54) is 0 Å². The van der Waals surface area contributed by atoms with Gasteiger partial charge in [0.05, 0.1) is 6.04 Å². The molecular formula is C8H13IN2O2. The Hall–Kier alpha value is -0.200. The minimum atomic E-state index is 0.00557. The number of halogens is 1. The van der Waals surface area contributed by atoms with Crippen LogP contribution in [0.3, 0.4) is 0 Å². The van der Waals surface area contributed by atoms with E-state index in [2.05, 4.69) is 27.8 Å². The zero-order chi connectivity index (χ0) is 10.0. The molecule has 0 radical (unpaired) electrons. The predicted molar refractivity (Wildman–Crippen MR) is 58.9 cm³/mol. The lowest BCUT2D eigenvalue weighted by Gasteiger charge is -2.46. The van der Waals surface area contributed by atoms with E-state index < -0.39 is 0 Å². The van der Waals surface area contributed by atoms with Crippen molar-refractivity contribution in [1.82, 2.24) is 4.90 Å². The Morgan fingerprint density at radius 3 is 2.69 bits per heavy atom. The van der Waals surface area contributed by atoms with Crippen LogP contribution in [0.15, 0.2) is 5.18 Å². The number of nitrogens with zero attached hydrogens (tertiary/aromatic N) is 2. The standard InChI is InChI=1S/C8H13IN2O2/c1-3-6(4-10-13)11-5(2)7(9)8(11)12/h5-7H,3-4H2,1-2H3. The fourth-order valence-corrected chi connectivity index (χ4v) is 2.29. The molecule has 1 aliphatic rings. The first-order valence-electron chi connectivity index (χ1n) is 4.38. The SMILES string of the molecule is CCC(CN=O)N1C(=O)C(I)C1C. The van der Waals surface area contributed by atoms with Gasteiger partial charge in [0, 0.05) is 6.04 Å². The lowest BCUT2D eigenvalue weighted by molar-refractivity contribution is -0.146. The topological polar surface area (TPSA) is 49.7 Å². The van der Waals surface area contributed by atoms with Crippen LogP contribution in [-0.4, -0.2) is 33.4 Å². The van der Waals surface area contributed by atoms with Crippen LogP contribution in [0.4, 0.5) is 0 Å². The van der Waals surface area contributed by atoms with E-state index in [1.54, 1.807) is 4.90 Å². The van der Waals surface area contributed by atoms with E-state index >= 15 is 0 Å². The molecule has 0 aromatic heterocycles. The van der Waals surface area contributed by atoms with Gasteiger partial charge in [-0.05, 0) is 13.3 Å². The quantitative estimate of drug-likeness (QED) is 0.342. The van der Waals surface area contributed by atoms with Crippen LogP contribution in [-0.2, 0) is 4.79 Å². The third kappa shape index (κ3) is 1.84. The highest BCUT2D eigenvalue weighted by atomic mass is 127. The second-order valence-corrected chi connectivity index (χ2v) is 4.60. The number of likely N-dealkylation sites (tertiary alicyclic amines) is 1. The van der Waals surface area contributed by atoms with Crippen LogP contribution < -0.4 is 0 Å². The van der Waals surface area contributed by atoms with Gasteiger partial charge in [-0.25, -0.2) is 0 Å². The first-order valence-corrected chi connectivity index (χ1v) is 5.63. The zero-order valence-electron chi connectivity index (χ0n) is 7.74. The second kappa shape index (κ2) is 4.34. The number of alkyl halides is 1. The first-order chi connectivity index (χ1) is 6.13. The molecule has 3 unspecified atom stereocenters. The highest BCUT2D eigenvalue weighted by Gasteiger charge is 2.45. The van der Waals surface area contributed by atoms with Gasteiger partial charge >= 0.3 is 0 Å². The molecule has 13 heavy (non-hydrogen) atoms. The van der Waals surface area contributed by atoms with Crippen LogP contribution in [0, 0.1) is 4.91 Å². The van der Waals surface area contributed by atoms with Crippen molar-refractivity contribution >= 4 is 28.5 Å². The maximum absolute atomic E-state index is 11.4. The maximum Gasteiger partial charge on any atom is 0.238 e. The van der Waals surface area contributed by atoms with Crippen LogP contribution >= 0.6 is 22.6 Å². The van der Waals surface area contributed by atoms with Gasteiger partial charge in [-0.2, -0.15) is 4.91 Å². The summed E-state index contributed by atoms with van der Waals surface area (Å²) in [5.74, 6) is 0.142. The van der Waals surface area contributed by atoms with Crippen molar-refractivity contribution in [2.75, 3.05) is 6.54 Å². The summed E-state index contributed by atoms with van der Waals surface area (Å²) in [5.41, 5.74) is 0. The summed E-state index contributed by atoms with van der Waals surface area (Å²) >= 11 is 2.14. The fraction of sp³-hybridized carbons (Fsp3) is 0.875. The van der Waals surface area contributed by atoms with Crippen LogP contribution in [0.25, 0.3) is 0 Å². The van der Waals surface area contributed by atoms with Gasteiger partial charge in [0.15, 0.2) is 0 Å². The summed E-state index contributed by atoms with van der Waals surface area (Å²) in [4.78, 5) is 23.3. The Morgan fingerprint density at radius 2 is 2.31 bits per heavy atom. The Balaban J connectivity index is 2.60. The van der Waals surface area contributed by atoms with Crippen molar-refractivity contribution in [3.63, 3.8) is 0 Å². The summed E-state index contributed by atoms with van der Waals surface area (Å²) in [6, 6.07) is 0.255. The molecule has 1 fully saturated rings. The number of carbonyl (C=O) groups excluding carboxylic acids is 1. The Morgan fingerprint density at radius 1 is 1.69 bits per heavy atom. The van der Waals surface area contributed by atoms with Crippen molar-refractivity contribution in [1.29, 1.82) is 0 Å². The number of rotatable bonds is 4. The summed E-state index contributed by atoms with van der Waals surface area (Å²) in [6.07, 6.45) is 0.797. The van der Waals surface area contributed by atoms with Gasteiger partial charge in [-0.3, -0.25) is 4.79 Å². The molecule has 0 N–H and O–H groups in total. The molecule has 0 bridgehead atoms. The molecule has 0 aromatic carbocycles. The average molecular weight is 296 g/mol. The highest BCUT2D eigenvalue weighted by Crippen LogP contribution is 2.30. The Kier molecular flexibility index (Phi) is 3.63. The predicted octanol–water partition coefficient (Wildman–Crippen LogP) is 1.57. The van der Waals surface area contributed by atoms with E-state index in [0.717, 1.165) is 6.42 Å². The molecule has 5 heteroatoms. The van der Waals surface area contributed by atoms with E-state index in [0.29, 0.717) is 0 Å². The number of hydrogen-bond acceptors (Lipinski definition) is 3. The molecule has 4 nitrogen and oxygen atoms in total. The molecular weight excluding hydrogens is 283 g/mol. The van der Waals surface area contributed by atoms with Gasteiger partial charge < -0.3 is 4.90 Å². The minimum absolute atomic E-state index is 0.00557. The maximum atomic E-state index is 11.4. The molecule has 1 amide bonds. The molecule has 1 saturated heterocycles. The second-order valence-electron chi connectivity index (χ2n) is 3.26. The smallest absolute Gasteiger partial charge is 0.238 e. The molecule has 0 saturated carbocycles. The molecule has 74 valence electrons.